The van der Waals surface area contributed by atoms with Crippen LogP contribution in [-0.4, -0.2) is 49.1 Å². The van der Waals surface area contributed by atoms with Gasteiger partial charge < -0.3 is 19.3 Å². The van der Waals surface area contributed by atoms with Crippen LogP contribution in [0.2, 0.25) is 0 Å². The first-order valence-electron chi connectivity index (χ1n) is 14.7. The number of cyclic esters (lactones) is 1. The van der Waals surface area contributed by atoms with Crippen molar-refractivity contribution in [1.29, 1.82) is 0 Å². The highest BCUT2D eigenvalue weighted by Crippen LogP contribution is 2.68. The van der Waals surface area contributed by atoms with Crippen LogP contribution in [0.1, 0.15) is 97.8 Å². The van der Waals surface area contributed by atoms with Crippen molar-refractivity contribution in [2.24, 2.45) is 46.3 Å². The lowest BCUT2D eigenvalue weighted by molar-refractivity contribution is -0.181. The summed E-state index contributed by atoms with van der Waals surface area (Å²) >= 11 is 0. The third kappa shape index (κ3) is 4.63. The Labute approximate surface area is 217 Å². The van der Waals surface area contributed by atoms with Crippen molar-refractivity contribution in [3.8, 4) is 0 Å². The Morgan fingerprint density at radius 1 is 1.08 bits per heavy atom. The second-order valence-electron chi connectivity index (χ2n) is 13.5. The van der Waals surface area contributed by atoms with E-state index in [0.29, 0.717) is 71.9 Å². The maximum absolute atomic E-state index is 12.6. The quantitative estimate of drug-likeness (QED) is 0.495. The Morgan fingerprint density at radius 3 is 2.58 bits per heavy atom. The average Bonchev–Trinajstić information content (AvgIpc) is 3.20. The number of rotatable bonds is 6. The minimum absolute atomic E-state index is 0.138. The summed E-state index contributed by atoms with van der Waals surface area (Å²) < 4.78 is 16.8. The van der Waals surface area contributed by atoms with Crippen LogP contribution >= 0.6 is 0 Å². The number of carbonyl (C=O) groups excluding carboxylic acids is 2. The summed E-state index contributed by atoms with van der Waals surface area (Å²) in [6.45, 7) is 7.76. The van der Waals surface area contributed by atoms with Crippen LogP contribution < -0.4 is 0 Å². The van der Waals surface area contributed by atoms with Crippen molar-refractivity contribution in [3.63, 3.8) is 0 Å². The Hall–Kier alpha value is -1.14. The molecule has 0 aromatic carbocycles. The molecule has 4 saturated carbocycles. The lowest BCUT2D eigenvalue weighted by Crippen LogP contribution is -2.59. The molecule has 0 radical (unpaired) electrons. The minimum atomic E-state index is -0.318. The third-order valence-electron chi connectivity index (χ3n) is 11.9. The summed E-state index contributed by atoms with van der Waals surface area (Å²) in [6, 6.07) is 0. The predicted molar refractivity (Wildman–Crippen MR) is 136 cm³/mol. The third-order valence-corrected chi connectivity index (χ3v) is 11.9. The number of ether oxygens (including phenoxy) is 3. The van der Waals surface area contributed by atoms with Crippen molar-refractivity contribution < 1.29 is 28.9 Å². The van der Waals surface area contributed by atoms with E-state index in [0.717, 1.165) is 32.1 Å². The number of methoxy groups -OCH3 is 1. The molecule has 0 aromatic heterocycles. The number of aliphatic hydroxyl groups excluding tert-OH is 1. The predicted octanol–water partition coefficient (Wildman–Crippen LogP) is 5.30. The first-order valence-corrected chi connectivity index (χ1v) is 14.7. The Bertz CT molecular complexity index is 828. The van der Waals surface area contributed by atoms with Crippen molar-refractivity contribution in [1.82, 2.24) is 0 Å². The van der Waals surface area contributed by atoms with Gasteiger partial charge in [0.2, 0.25) is 0 Å². The molecule has 4 aliphatic carbocycles. The lowest BCUT2D eigenvalue weighted by Gasteiger charge is -2.63. The number of aliphatic hydroxyl groups is 1. The summed E-state index contributed by atoms with van der Waals surface area (Å²) in [5, 5.41) is 10.4. The van der Waals surface area contributed by atoms with E-state index in [9.17, 15) is 14.7 Å². The number of esters is 2. The molecule has 5 fully saturated rings. The van der Waals surface area contributed by atoms with Crippen LogP contribution in [0.5, 0.6) is 0 Å². The van der Waals surface area contributed by atoms with Gasteiger partial charge >= 0.3 is 11.9 Å². The molecular formula is C30H48O6. The molecule has 0 aromatic rings. The first kappa shape index (κ1) is 26.5. The molecule has 1 saturated heterocycles. The second kappa shape index (κ2) is 10.2. The zero-order valence-corrected chi connectivity index (χ0v) is 22.9. The molecule has 6 heteroatoms. The fourth-order valence-corrected chi connectivity index (χ4v) is 9.94. The van der Waals surface area contributed by atoms with Gasteiger partial charge in [0.1, 0.15) is 6.10 Å². The van der Waals surface area contributed by atoms with E-state index in [4.69, 9.17) is 14.2 Å². The minimum Gasteiger partial charge on any atom is -0.465 e. The van der Waals surface area contributed by atoms with E-state index < -0.39 is 0 Å². The van der Waals surface area contributed by atoms with E-state index in [1.807, 2.05) is 7.11 Å². The monoisotopic (exact) mass is 504 g/mol. The Morgan fingerprint density at radius 2 is 1.83 bits per heavy atom. The van der Waals surface area contributed by atoms with Crippen LogP contribution in [0, 0.1) is 46.3 Å². The van der Waals surface area contributed by atoms with Gasteiger partial charge in [-0.1, -0.05) is 20.8 Å². The fourth-order valence-electron chi connectivity index (χ4n) is 9.94. The van der Waals surface area contributed by atoms with Crippen LogP contribution in [0.3, 0.4) is 0 Å². The summed E-state index contributed by atoms with van der Waals surface area (Å²) in [7, 11) is 1.91. The van der Waals surface area contributed by atoms with E-state index in [1.165, 1.54) is 25.7 Å². The van der Waals surface area contributed by atoms with Gasteiger partial charge in [-0.2, -0.15) is 0 Å². The molecule has 1 N–H and O–H groups in total. The molecule has 0 amide bonds. The molecule has 36 heavy (non-hydrogen) atoms. The Kier molecular flexibility index (Phi) is 7.50. The summed E-state index contributed by atoms with van der Waals surface area (Å²) in [4.78, 5) is 24.0. The molecule has 6 nitrogen and oxygen atoms in total. The SMILES string of the molecule is COC1CC2CC(O)CCC2(C)C2CCC3(C)C(C(C)CCC(=O)OC4CCOC(=O)C4)CCC3C12. The highest BCUT2D eigenvalue weighted by Gasteiger charge is 2.63. The van der Waals surface area contributed by atoms with E-state index in [2.05, 4.69) is 20.8 Å². The maximum Gasteiger partial charge on any atom is 0.309 e. The number of carbonyl (C=O) groups is 2. The zero-order valence-electron chi connectivity index (χ0n) is 22.9. The van der Waals surface area contributed by atoms with Gasteiger partial charge in [0.15, 0.2) is 0 Å². The molecule has 1 aliphatic heterocycles. The maximum atomic E-state index is 12.6. The van der Waals surface area contributed by atoms with Crippen LogP contribution in [0.4, 0.5) is 0 Å². The number of fused-ring (bicyclic) bond motifs is 5. The van der Waals surface area contributed by atoms with Crippen molar-refractivity contribution in [2.45, 2.75) is 116 Å². The van der Waals surface area contributed by atoms with Crippen molar-refractivity contribution >= 4 is 11.9 Å². The van der Waals surface area contributed by atoms with Gasteiger partial charge in [-0.05, 0) is 104 Å². The van der Waals surface area contributed by atoms with E-state index in [-0.39, 0.29) is 30.6 Å². The second-order valence-corrected chi connectivity index (χ2v) is 13.5. The zero-order chi connectivity index (χ0) is 25.7. The first-order chi connectivity index (χ1) is 17.2. The lowest BCUT2D eigenvalue weighted by atomic mass is 9.43. The molecular weight excluding hydrogens is 456 g/mol. The summed E-state index contributed by atoms with van der Waals surface area (Å²) in [6.07, 6.45) is 11.1. The van der Waals surface area contributed by atoms with Crippen molar-refractivity contribution in [3.05, 3.63) is 0 Å². The molecule has 11 atom stereocenters. The standard InChI is InChI=1S/C30H48O6/c1-18(5-8-26(32)36-21-11-14-35-27(33)17-21)22-6-7-23-28-24(10-13-30(22,23)3)29(2)12-9-20(31)15-19(29)16-25(28)34-4/h18-25,28,31H,5-17H2,1-4H3. The van der Waals surface area contributed by atoms with Crippen molar-refractivity contribution in [2.75, 3.05) is 13.7 Å². The van der Waals surface area contributed by atoms with Crippen LogP contribution in [-0.2, 0) is 23.8 Å². The number of hydrogen-bond acceptors (Lipinski definition) is 6. The van der Waals surface area contributed by atoms with Gasteiger partial charge in [0, 0.05) is 20.0 Å². The van der Waals surface area contributed by atoms with Gasteiger partial charge in [-0.25, -0.2) is 0 Å². The molecule has 0 bridgehead atoms. The molecule has 5 rings (SSSR count). The average molecular weight is 505 g/mol. The summed E-state index contributed by atoms with van der Waals surface area (Å²) in [5.41, 5.74) is 0.630. The smallest absolute Gasteiger partial charge is 0.309 e. The normalized spacial score (nSPS) is 47.2. The topological polar surface area (TPSA) is 82.1 Å². The fraction of sp³-hybridized carbons (Fsp3) is 0.933. The van der Waals surface area contributed by atoms with E-state index in [1.54, 1.807) is 0 Å². The largest absolute Gasteiger partial charge is 0.465 e. The van der Waals surface area contributed by atoms with Crippen LogP contribution in [0.25, 0.3) is 0 Å². The van der Waals surface area contributed by atoms with E-state index >= 15 is 0 Å². The van der Waals surface area contributed by atoms with Gasteiger partial charge in [0.25, 0.3) is 0 Å². The number of hydrogen-bond donors (Lipinski definition) is 1. The summed E-state index contributed by atoms with van der Waals surface area (Å²) in [5.74, 6) is 3.21. The Balaban J connectivity index is 1.24. The van der Waals surface area contributed by atoms with Gasteiger partial charge in [-0.3, -0.25) is 9.59 Å². The molecule has 204 valence electrons. The highest BCUT2D eigenvalue weighted by molar-refractivity contribution is 5.73. The van der Waals surface area contributed by atoms with Gasteiger partial charge in [-0.15, -0.1) is 0 Å². The molecule has 11 unspecified atom stereocenters. The molecule has 1 heterocycles. The molecule has 0 spiro atoms. The van der Waals surface area contributed by atoms with Crippen LogP contribution in [0.15, 0.2) is 0 Å². The van der Waals surface area contributed by atoms with Gasteiger partial charge in [0.05, 0.1) is 25.2 Å². The molecule has 5 aliphatic rings. The highest BCUT2D eigenvalue weighted by atomic mass is 16.6.